The number of H-pyrrole nitrogens is 1. The molecule has 1 aromatic rings. The first-order chi connectivity index (χ1) is 8.40. The maximum absolute atomic E-state index is 5.40. The van der Waals surface area contributed by atoms with Crippen molar-refractivity contribution in [1.82, 2.24) is 20.5 Å². The van der Waals surface area contributed by atoms with Gasteiger partial charge in [-0.2, -0.15) is 5.10 Å². The molecule has 0 spiro atoms. The van der Waals surface area contributed by atoms with Crippen LogP contribution in [-0.4, -0.2) is 34.9 Å². The molecular formula is C12H22N4O. The van der Waals surface area contributed by atoms with Gasteiger partial charge in [0.15, 0.2) is 0 Å². The molecule has 0 radical (unpaired) electrons. The zero-order valence-corrected chi connectivity index (χ0v) is 10.5. The van der Waals surface area contributed by atoms with Crippen LogP contribution in [-0.2, 0) is 4.74 Å². The summed E-state index contributed by atoms with van der Waals surface area (Å²) in [6.45, 7) is 5.01. The van der Waals surface area contributed by atoms with Crippen LogP contribution in [0.15, 0.2) is 6.33 Å². The molecule has 1 fully saturated rings. The summed E-state index contributed by atoms with van der Waals surface area (Å²) in [5, 5.41) is 10.5. The van der Waals surface area contributed by atoms with Crippen molar-refractivity contribution < 1.29 is 4.74 Å². The average molecular weight is 238 g/mol. The second-order valence-electron chi connectivity index (χ2n) is 4.67. The van der Waals surface area contributed by atoms with E-state index in [2.05, 4.69) is 27.4 Å². The van der Waals surface area contributed by atoms with Gasteiger partial charge in [0.25, 0.3) is 0 Å². The van der Waals surface area contributed by atoms with Gasteiger partial charge in [0, 0.05) is 13.2 Å². The molecule has 0 amide bonds. The van der Waals surface area contributed by atoms with Gasteiger partial charge in [0.05, 0.1) is 6.04 Å². The minimum absolute atomic E-state index is 0.306. The standard InChI is InChI=1S/C12H22N4O/c1-2-5-13-11(12-14-9-15-16-12)8-10-3-6-17-7-4-10/h9-11,13H,2-8H2,1H3,(H,14,15,16). The molecule has 0 aromatic carbocycles. The Kier molecular flexibility index (Phi) is 4.94. The first-order valence-corrected chi connectivity index (χ1v) is 6.56. The minimum atomic E-state index is 0.306. The Morgan fingerprint density at radius 3 is 3.00 bits per heavy atom. The lowest BCUT2D eigenvalue weighted by atomic mass is 9.92. The van der Waals surface area contributed by atoms with Crippen LogP contribution in [0.2, 0.25) is 0 Å². The molecule has 96 valence electrons. The number of hydrogen-bond donors (Lipinski definition) is 2. The summed E-state index contributed by atoms with van der Waals surface area (Å²) in [7, 11) is 0. The van der Waals surface area contributed by atoms with E-state index in [1.165, 1.54) is 12.8 Å². The molecule has 2 N–H and O–H groups in total. The van der Waals surface area contributed by atoms with E-state index in [4.69, 9.17) is 4.74 Å². The fraction of sp³-hybridized carbons (Fsp3) is 0.833. The van der Waals surface area contributed by atoms with Crippen LogP contribution < -0.4 is 5.32 Å². The van der Waals surface area contributed by atoms with Gasteiger partial charge < -0.3 is 10.1 Å². The lowest BCUT2D eigenvalue weighted by Gasteiger charge is -2.26. The van der Waals surface area contributed by atoms with Gasteiger partial charge in [-0.05, 0) is 38.1 Å². The summed E-state index contributed by atoms with van der Waals surface area (Å²) < 4.78 is 5.40. The van der Waals surface area contributed by atoms with Crippen LogP contribution >= 0.6 is 0 Å². The Labute approximate surface area is 102 Å². The largest absolute Gasteiger partial charge is 0.381 e. The zero-order valence-electron chi connectivity index (χ0n) is 10.5. The van der Waals surface area contributed by atoms with E-state index in [-0.39, 0.29) is 0 Å². The molecule has 1 atom stereocenters. The number of aromatic nitrogens is 3. The predicted octanol–water partition coefficient (Wildman–Crippen LogP) is 1.66. The summed E-state index contributed by atoms with van der Waals surface area (Å²) in [5.74, 6) is 1.70. The molecular weight excluding hydrogens is 216 g/mol. The molecule has 1 unspecified atom stereocenters. The minimum Gasteiger partial charge on any atom is -0.381 e. The SMILES string of the molecule is CCCNC(CC1CCOCC1)c1ncn[nH]1. The highest BCUT2D eigenvalue weighted by atomic mass is 16.5. The number of ether oxygens (including phenoxy) is 1. The van der Waals surface area contributed by atoms with Gasteiger partial charge in [0.1, 0.15) is 12.2 Å². The average Bonchev–Trinajstić information content (AvgIpc) is 2.89. The Balaban J connectivity index is 1.90. The fourth-order valence-corrected chi connectivity index (χ4v) is 2.31. The van der Waals surface area contributed by atoms with Gasteiger partial charge in [0.2, 0.25) is 0 Å². The Hall–Kier alpha value is -0.940. The van der Waals surface area contributed by atoms with E-state index in [9.17, 15) is 0 Å². The van der Waals surface area contributed by atoms with Gasteiger partial charge in [-0.25, -0.2) is 4.98 Å². The first kappa shape index (κ1) is 12.5. The van der Waals surface area contributed by atoms with E-state index < -0.39 is 0 Å². The predicted molar refractivity (Wildman–Crippen MR) is 65.6 cm³/mol. The number of hydrogen-bond acceptors (Lipinski definition) is 4. The van der Waals surface area contributed by atoms with Crippen molar-refractivity contribution in [3.8, 4) is 0 Å². The number of aromatic amines is 1. The fourth-order valence-electron chi connectivity index (χ4n) is 2.31. The van der Waals surface area contributed by atoms with Gasteiger partial charge in [-0.3, -0.25) is 5.10 Å². The molecule has 1 aliphatic rings. The lowest BCUT2D eigenvalue weighted by Crippen LogP contribution is -2.27. The van der Waals surface area contributed by atoms with Gasteiger partial charge in [-0.1, -0.05) is 6.92 Å². The molecule has 2 rings (SSSR count). The van der Waals surface area contributed by atoms with Crippen molar-refractivity contribution in [1.29, 1.82) is 0 Å². The highest BCUT2D eigenvalue weighted by molar-refractivity contribution is 4.92. The monoisotopic (exact) mass is 238 g/mol. The topological polar surface area (TPSA) is 62.8 Å². The highest BCUT2D eigenvalue weighted by Gasteiger charge is 2.21. The first-order valence-electron chi connectivity index (χ1n) is 6.56. The molecule has 0 aliphatic carbocycles. The second-order valence-corrected chi connectivity index (χ2v) is 4.67. The Morgan fingerprint density at radius 1 is 1.53 bits per heavy atom. The summed E-state index contributed by atoms with van der Waals surface area (Å²) in [4.78, 5) is 4.27. The number of nitrogens with zero attached hydrogens (tertiary/aromatic N) is 2. The third-order valence-corrected chi connectivity index (χ3v) is 3.31. The van der Waals surface area contributed by atoms with Crippen LogP contribution in [0, 0.1) is 5.92 Å². The van der Waals surface area contributed by atoms with E-state index in [0.29, 0.717) is 6.04 Å². The van der Waals surface area contributed by atoms with Gasteiger partial charge >= 0.3 is 0 Å². The quantitative estimate of drug-likeness (QED) is 0.791. The molecule has 1 saturated heterocycles. The van der Waals surface area contributed by atoms with Gasteiger partial charge in [-0.15, -0.1) is 0 Å². The molecule has 5 nitrogen and oxygen atoms in total. The van der Waals surface area contributed by atoms with Crippen molar-refractivity contribution in [2.45, 2.75) is 38.6 Å². The highest BCUT2D eigenvalue weighted by Crippen LogP contribution is 2.25. The van der Waals surface area contributed by atoms with E-state index >= 15 is 0 Å². The summed E-state index contributed by atoms with van der Waals surface area (Å²) in [5.41, 5.74) is 0. The van der Waals surface area contributed by atoms with Crippen molar-refractivity contribution in [2.24, 2.45) is 5.92 Å². The molecule has 1 aromatic heterocycles. The van der Waals surface area contributed by atoms with Crippen LogP contribution in [0.3, 0.4) is 0 Å². The molecule has 5 heteroatoms. The van der Waals surface area contributed by atoms with Crippen LogP contribution in [0.1, 0.15) is 44.5 Å². The third kappa shape index (κ3) is 3.78. The number of nitrogens with one attached hydrogen (secondary N) is 2. The molecule has 17 heavy (non-hydrogen) atoms. The van der Waals surface area contributed by atoms with Crippen molar-refractivity contribution in [3.63, 3.8) is 0 Å². The summed E-state index contributed by atoms with van der Waals surface area (Å²) >= 11 is 0. The number of rotatable bonds is 6. The van der Waals surface area contributed by atoms with E-state index in [0.717, 1.165) is 44.3 Å². The maximum Gasteiger partial charge on any atom is 0.141 e. The molecule has 0 bridgehead atoms. The van der Waals surface area contributed by atoms with Crippen LogP contribution in [0.5, 0.6) is 0 Å². The normalized spacial score (nSPS) is 19.4. The molecule has 1 aliphatic heterocycles. The summed E-state index contributed by atoms with van der Waals surface area (Å²) in [6.07, 6.45) is 6.17. The van der Waals surface area contributed by atoms with Crippen molar-refractivity contribution in [3.05, 3.63) is 12.2 Å². The van der Waals surface area contributed by atoms with Crippen molar-refractivity contribution in [2.75, 3.05) is 19.8 Å². The second kappa shape index (κ2) is 6.71. The Morgan fingerprint density at radius 2 is 2.35 bits per heavy atom. The van der Waals surface area contributed by atoms with E-state index in [1.54, 1.807) is 6.33 Å². The van der Waals surface area contributed by atoms with Crippen LogP contribution in [0.25, 0.3) is 0 Å². The van der Waals surface area contributed by atoms with E-state index in [1.807, 2.05) is 0 Å². The molecule has 2 heterocycles. The van der Waals surface area contributed by atoms with Crippen molar-refractivity contribution >= 4 is 0 Å². The molecule has 0 saturated carbocycles. The van der Waals surface area contributed by atoms with Crippen LogP contribution in [0.4, 0.5) is 0 Å². The lowest BCUT2D eigenvalue weighted by molar-refractivity contribution is 0.0602. The Bertz CT molecular complexity index is 295. The zero-order chi connectivity index (χ0) is 11.9. The third-order valence-electron chi connectivity index (χ3n) is 3.31. The maximum atomic E-state index is 5.40. The smallest absolute Gasteiger partial charge is 0.141 e. The summed E-state index contributed by atoms with van der Waals surface area (Å²) in [6, 6.07) is 0.306.